The standard InChI is InChI=1S/C17H26N2O3/c1-5-19(6-2)15(14-10-8-7-9-11-14)16(20)18(4)12-13(3)17(21)22/h7-11,13,15H,5-6,12H2,1-4H3,(H,21,22). The van der Waals surface area contributed by atoms with Gasteiger partial charge < -0.3 is 10.0 Å². The number of amides is 1. The molecule has 2 atom stereocenters. The van der Waals surface area contributed by atoms with Gasteiger partial charge in [-0.3, -0.25) is 14.5 Å². The number of carbonyl (C=O) groups excluding carboxylic acids is 1. The first-order valence-electron chi connectivity index (χ1n) is 7.69. The van der Waals surface area contributed by atoms with Gasteiger partial charge in [-0.15, -0.1) is 0 Å². The average molecular weight is 306 g/mol. The van der Waals surface area contributed by atoms with Crippen LogP contribution in [0.3, 0.4) is 0 Å². The second kappa shape index (κ2) is 8.54. The van der Waals surface area contributed by atoms with E-state index in [4.69, 9.17) is 5.11 Å². The zero-order valence-corrected chi connectivity index (χ0v) is 13.8. The Morgan fingerprint density at radius 3 is 2.14 bits per heavy atom. The number of hydrogen-bond donors (Lipinski definition) is 1. The molecule has 0 radical (unpaired) electrons. The second-order valence-electron chi connectivity index (χ2n) is 5.49. The summed E-state index contributed by atoms with van der Waals surface area (Å²) in [6, 6.07) is 9.26. The fourth-order valence-electron chi connectivity index (χ4n) is 2.52. The molecule has 0 fully saturated rings. The summed E-state index contributed by atoms with van der Waals surface area (Å²) in [4.78, 5) is 27.5. The van der Waals surface area contributed by atoms with Crippen molar-refractivity contribution in [1.82, 2.24) is 9.80 Å². The van der Waals surface area contributed by atoms with Crippen LogP contribution in [0.15, 0.2) is 30.3 Å². The van der Waals surface area contributed by atoms with E-state index in [0.29, 0.717) is 0 Å². The fourth-order valence-corrected chi connectivity index (χ4v) is 2.52. The summed E-state index contributed by atoms with van der Waals surface area (Å²) >= 11 is 0. The molecule has 1 N–H and O–H groups in total. The van der Waals surface area contributed by atoms with E-state index in [2.05, 4.69) is 4.90 Å². The minimum Gasteiger partial charge on any atom is -0.481 e. The molecule has 0 spiro atoms. The molecule has 1 aromatic rings. The summed E-state index contributed by atoms with van der Waals surface area (Å²) in [7, 11) is 1.67. The topological polar surface area (TPSA) is 60.9 Å². The van der Waals surface area contributed by atoms with Crippen molar-refractivity contribution in [1.29, 1.82) is 0 Å². The van der Waals surface area contributed by atoms with Crippen LogP contribution >= 0.6 is 0 Å². The normalized spacial score (nSPS) is 13.7. The predicted octanol–water partition coefficient (Wildman–Crippen LogP) is 2.25. The molecule has 0 aliphatic carbocycles. The zero-order chi connectivity index (χ0) is 16.7. The lowest BCUT2D eigenvalue weighted by Crippen LogP contribution is -2.43. The Morgan fingerprint density at radius 1 is 1.14 bits per heavy atom. The molecular formula is C17H26N2O3. The first kappa shape index (κ1) is 18.2. The first-order valence-corrected chi connectivity index (χ1v) is 7.69. The van der Waals surface area contributed by atoms with Gasteiger partial charge in [0.1, 0.15) is 6.04 Å². The van der Waals surface area contributed by atoms with Crippen molar-refractivity contribution < 1.29 is 14.7 Å². The van der Waals surface area contributed by atoms with E-state index in [1.807, 2.05) is 44.2 Å². The average Bonchev–Trinajstić information content (AvgIpc) is 2.52. The summed E-state index contributed by atoms with van der Waals surface area (Å²) in [5.74, 6) is -1.54. The van der Waals surface area contributed by atoms with Gasteiger partial charge in [0.25, 0.3) is 0 Å². The first-order chi connectivity index (χ1) is 10.4. The molecule has 0 heterocycles. The number of aliphatic carboxylic acids is 1. The summed E-state index contributed by atoms with van der Waals surface area (Å²) in [6.07, 6.45) is 0. The van der Waals surface area contributed by atoms with E-state index in [9.17, 15) is 9.59 Å². The molecule has 22 heavy (non-hydrogen) atoms. The van der Waals surface area contributed by atoms with Gasteiger partial charge in [-0.05, 0) is 18.7 Å². The van der Waals surface area contributed by atoms with Crippen LogP contribution in [0.1, 0.15) is 32.4 Å². The highest BCUT2D eigenvalue weighted by molar-refractivity contribution is 5.83. The molecular weight excluding hydrogens is 280 g/mol. The van der Waals surface area contributed by atoms with Crippen molar-refractivity contribution >= 4 is 11.9 Å². The monoisotopic (exact) mass is 306 g/mol. The molecule has 1 amide bonds. The van der Waals surface area contributed by atoms with Crippen LogP contribution in [0.25, 0.3) is 0 Å². The predicted molar refractivity (Wildman–Crippen MR) is 86.5 cm³/mol. The molecule has 5 nitrogen and oxygen atoms in total. The number of nitrogens with zero attached hydrogens (tertiary/aromatic N) is 2. The molecule has 0 aliphatic rings. The Morgan fingerprint density at radius 2 is 1.68 bits per heavy atom. The van der Waals surface area contributed by atoms with Crippen molar-refractivity contribution in [3.63, 3.8) is 0 Å². The van der Waals surface area contributed by atoms with Crippen LogP contribution < -0.4 is 0 Å². The highest BCUT2D eigenvalue weighted by atomic mass is 16.4. The molecule has 1 aromatic carbocycles. The van der Waals surface area contributed by atoms with Crippen molar-refractivity contribution in [2.24, 2.45) is 5.92 Å². The van der Waals surface area contributed by atoms with Crippen LogP contribution in [0, 0.1) is 5.92 Å². The maximum Gasteiger partial charge on any atom is 0.308 e. The quantitative estimate of drug-likeness (QED) is 0.800. The van der Waals surface area contributed by atoms with Crippen LogP contribution in [0.4, 0.5) is 0 Å². The lowest BCUT2D eigenvalue weighted by Gasteiger charge is -2.32. The minimum absolute atomic E-state index is 0.0667. The van der Waals surface area contributed by atoms with E-state index >= 15 is 0 Å². The number of rotatable bonds is 8. The van der Waals surface area contributed by atoms with Crippen LogP contribution in [-0.4, -0.2) is 53.5 Å². The van der Waals surface area contributed by atoms with Crippen molar-refractivity contribution in [3.8, 4) is 0 Å². The lowest BCUT2D eigenvalue weighted by molar-refractivity contribution is -0.143. The van der Waals surface area contributed by atoms with Gasteiger partial charge in [0.15, 0.2) is 0 Å². The van der Waals surface area contributed by atoms with Crippen molar-refractivity contribution in [3.05, 3.63) is 35.9 Å². The highest BCUT2D eigenvalue weighted by Gasteiger charge is 2.29. The SMILES string of the molecule is CCN(CC)C(C(=O)N(C)CC(C)C(=O)O)c1ccccc1. The van der Waals surface area contributed by atoms with Crippen LogP contribution in [0.2, 0.25) is 0 Å². The van der Waals surface area contributed by atoms with E-state index < -0.39 is 11.9 Å². The Bertz CT molecular complexity index is 486. The largest absolute Gasteiger partial charge is 0.481 e. The van der Waals surface area contributed by atoms with E-state index in [1.54, 1.807) is 14.0 Å². The third-order valence-corrected chi connectivity index (χ3v) is 3.87. The highest BCUT2D eigenvalue weighted by Crippen LogP contribution is 2.23. The Hall–Kier alpha value is -1.88. The Labute approximate surface area is 132 Å². The van der Waals surface area contributed by atoms with Crippen molar-refractivity contribution in [2.45, 2.75) is 26.8 Å². The Kier molecular flexibility index (Phi) is 7.05. The van der Waals surface area contributed by atoms with Gasteiger partial charge in [0.2, 0.25) is 5.91 Å². The second-order valence-corrected chi connectivity index (χ2v) is 5.49. The van der Waals surface area contributed by atoms with E-state index in [0.717, 1.165) is 18.7 Å². The summed E-state index contributed by atoms with van der Waals surface area (Å²) in [5.41, 5.74) is 0.936. The molecule has 0 aliphatic heterocycles. The van der Waals surface area contributed by atoms with Gasteiger partial charge >= 0.3 is 5.97 Å². The maximum atomic E-state index is 12.9. The number of benzene rings is 1. The number of carbonyl (C=O) groups is 2. The molecule has 2 unspecified atom stereocenters. The fraction of sp³-hybridized carbons (Fsp3) is 0.529. The molecule has 5 heteroatoms. The van der Waals surface area contributed by atoms with Gasteiger partial charge in [-0.2, -0.15) is 0 Å². The summed E-state index contributed by atoms with van der Waals surface area (Å²) < 4.78 is 0. The van der Waals surface area contributed by atoms with Crippen LogP contribution in [0.5, 0.6) is 0 Å². The zero-order valence-electron chi connectivity index (χ0n) is 13.8. The van der Waals surface area contributed by atoms with Gasteiger partial charge in [-0.1, -0.05) is 51.1 Å². The maximum absolute atomic E-state index is 12.9. The van der Waals surface area contributed by atoms with Crippen LogP contribution in [-0.2, 0) is 9.59 Å². The molecule has 0 aromatic heterocycles. The third kappa shape index (κ3) is 4.56. The summed E-state index contributed by atoms with van der Waals surface area (Å²) in [5, 5.41) is 9.02. The molecule has 122 valence electrons. The molecule has 0 saturated carbocycles. The lowest BCUT2D eigenvalue weighted by atomic mass is 10.0. The Balaban J connectivity index is 3.00. The number of hydrogen-bond acceptors (Lipinski definition) is 3. The third-order valence-electron chi connectivity index (χ3n) is 3.87. The smallest absolute Gasteiger partial charge is 0.308 e. The number of carboxylic acids is 1. The van der Waals surface area contributed by atoms with Gasteiger partial charge in [0, 0.05) is 13.6 Å². The summed E-state index contributed by atoms with van der Waals surface area (Å²) in [6.45, 7) is 7.37. The van der Waals surface area contributed by atoms with Crippen molar-refractivity contribution in [2.75, 3.05) is 26.7 Å². The number of carboxylic acid groups (broad SMARTS) is 1. The van der Waals surface area contributed by atoms with E-state index in [-0.39, 0.29) is 18.5 Å². The van der Waals surface area contributed by atoms with E-state index in [1.165, 1.54) is 4.90 Å². The molecule has 0 bridgehead atoms. The molecule has 0 saturated heterocycles. The van der Waals surface area contributed by atoms with Gasteiger partial charge in [0.05, 0.1) is 5.92 Å². The number of likely N-dealkylation sites (N-methyl/N-ethyl adjacent to an activating group) is 2. The van der Waals surface area contributed by atoms with Gasteiger partial charge in [-0.25, -0.2) is 0 Å². The molecule has 1 rings (SSSR count). The minimum atomic E-state index is -0.890.